The van der Waals surface area contributed by atoms with Crippen molar-refractivity contribution in [1.29, 1.82) is 0 Å². The zero-order valence-electron chi connectivity index (χ0n) is 11.2. The van der Waals surface area contributed by atoms with Gasteiger partial charge in [0.15, 0.2) is 0 Å². The fourth-order valence-electron chi connectivity index (χ4n) is 2.04. The third kappa shape index (κ3) is 3.18. The fraction of sp³-hybridized carbons (Fsp3) is 0.500. The number of hydrogen-bond donors (Lipinski definition) is 0. The first-order valence-electron chi connectivity index (χ1n) is 6.13. The summed E-state index contributed by atoms with van der Waals surface area (Å²) in [6.07, 6.45) is 1.01. The van der Waals surface area contributed by atoms with E-state index < -0.39 is 25.1 Å². The van der Waals surface area contributed by atoms with Gasteiger partial charge in [0.25, 0.3) is 0 Å². The minimum Gasteiger partial charge on any atom is -0.207 e. The van der Waals surface area contributed by atoms with Crippen LogP contribution in [0, 0.1) is 11.8 Å². The molecule has 5 nitrogen and oxygen atoms in total. The van der Waals surface area contributed by atoms with Crippen LogP contribution in [0.1, 0.15) is 13.3 Å². The van der Waals surface area contributed by atoms with Crippen LogP contribution in [0.3, 0.4) is 0 Å². The van der Waals surface area contributed by atoms with E-state index in [9.17, 15) is 20.7 Å². The van der Waals surface area contributed by atoms with Gasteiger partial charge in [-0.1, -0.05) is 6.92 Å². The van der Waals surface area contributed by atoms with Crippen molar-refractivity contribution >= 4 is 20.2 Å². The summed E-state index contributed by atoms with van der Waals surface area (Å²) in [5.41, 5.74) is 0. The Morgan fingerprint density at radius 3 is 2.00 bits per heavy atom. The highest BCUT2D eigenvalue weighted by Gasteiger charge is 2.36. The van der Waals surface area contributed by atoms with Gasteiger partial charge in [-0.15, -0.1) is 3.89 Å². The maximum Gasteiger partial charge on any atom is 0.332 e. The number of halogens is 1. The van der Waals surface area contributed by atoms with Gasteiger partial charge in [-0.05, 0) is 42.5 Å². The van der Waals surface area contributed by atoms with E-state index in [0.29, 0.717) is 18.4 Å². The second kappa shape index (κ2) is 5.09. The van der Waals surface area contributed by atoms with Gasteiger partial charge in [-0.25, -0.2) is 12.7 Å². The average Bonchev–Trinajstić information content (AvgIpc) is 3.04. The van der Waals surface area contributed by atoms with E-state index in [1.54, 1.807) is 0 Å². The van der Waals surface area contributed by atoms with Crippen LogP contribution in [0.15, 0.2) is 34.1 Å². The summed E-state index contributed by atoms with van der Waals surface area (Å²) in [6.45, 7) is 2.50. The lowest BCUT2D eigenvalue weighted by molar-refractivity contribution is 0.444. The molecule has 0 spiro atoms. The summed E-state index contributed by atoms with van der Waals surface area (Å²) in [4.78, 5) is -0.587. The molecule has 0 radical (unpaired) electrons. The summed E-state index contributed by atoms with van der Waals surface area (Å²) in [7, 11) is -6.99. The topological polar surface area (TPSA) is 71.5 Å². The Kier molecular flexibility index (Phi) is 3.92. The van der Waals surface area contributed by atoms with Crippen LogP contribution in [0.25, 0.3) is 0 Å². The first-order valence-corrected chi connectivity index (χ1v) is 8.96. The molecule has 0 bridgehead atoms. The molecule has 2 atom stereocenters. The Hall–Kier alpha value is -0.990. The second-order valence-corrected chi connectivity index (χ2v) is 8.56. The van der Waals surface area contributed by atoms with E-state index in [-0.39, 0.29) is 4.90 Å². The molecule has 2 unspecified atom stereocenters. The number of nitrogens with zero attached hydrogens (tertiary/aromatic N) is 1. The van der Waals surface area contributed by atoms with Crippen LogP contribution in [0.4, 0.5) is 3.89 Å². The average molecular weight is 321 g/mol. The molecule has 1 aromatic rings. The molecule has 0 aromatic heterocycles. The molecule has 1 saturated carbocycles. The quantitative estimate of drug-likeness (QED) is 0.773. The smallest absolute Gasteiger partial charge is 0.207 e. The third-order valence-corrected chi connectivity index (χ3v) is 6.25. The van der Waals surface area contributed by atoms with E-state index in [4.69, 9.17) is 0 Å². The van der Waals surface area contributed by atoms with Crippen molar-refractivity contribution < 1.29 is 20.7 Å². The second-order valence-electron chi connectivity index (χ2n) is 5.17. The molecular formula is C12H16FNO4S2. The summed E-state index contributed by atoms with van der Waals surface area (Å²) in [5, 5.41) is 0. The van der Waals surface area contributed by atoms with Gasteiger partial charge in [-0.2, -0.15) is 8.42 Å². The van der Waals surface area contributed by atoms with E-state index in [1.807, 2.05) is 0 Å². The van der Waals surface area contributed by atoms with Crippen molar-refractivity contribution in [3.8, 4) is 0 Å². The van der Waals surface area contributed by atoms with Crippen LogP contribution < -0.4 is 0 Å². The van der Waals surface area contributed by atoms with Crippen molar-refractivity contribution in [2.24, 2.45) is 11.8 Å². The SMILES string of the molecule is CC1CC1CN(C)S(=O)(=O)c1ccc(S(=O)(=O)F)cc1. The predicted octanol–water partition coefficient (Wildman–Crippen LogP) is 1.62. The molecule has 1 aromatic carbocycles. The number of sulfonamides is 1. The Labute approximate surface area is 118 Å². The van der Waals surface area contributed by atoms with E-state index >= 15 is 0 Å². The Bertz CT molecular complexity index is 697. The summed E-state index contributed by atoms with van der Waals surface area (Å²) in [5.74, 6) is 0.909. The van der Waals surface area contributed by atoms with Gasteiger partial charge in [-0.3, -0.25) is 0 Å². The molecule has 0 aliphatic heterocycles. The maximum atomic E-state index is 12.7. The van der Waals surface area contributed by atoms with Crippen molar-refractivity contribution in [2.45, 2.75) is 23.1 Å². The standard InChI is InChI=1S/C12H16FNO4S2/c1-9-7-10(9)8-14(2)20(17,18)12-5-3-11(4-6-12)19(13,15)16/h3-6,9-10H,7-8H2,1-2H3. The van der Waals surface area contributed by atoms with E-state index in [1.165, 1.54) is 11.4 Å². The molecule has 112 valence electrons. The summed E-state index contributed by atoms with van der Waals surface area (Å²) in [6, 6.07) is 4.12. The lowest BCUT2D eigenvalue weighted by Gasteiger charge is -2.17. The summed E-state index contributed by atoms with van der Waals surface area (Å²) < 4.78 is 59.9. The molecule has 20 heavy (non-hydrogen) atoms. The van der Waals surface area contributed by atoms with Gasteiger partial charge in [0.05, 0.1) is 9.79 Å². The highest BCUT2D eigenvalue weighted by atomic mass is 32.3. The largest absolute Gasteiger partial charge is 0.332 e. The lowest BCUT2D eigenvalue weighted by Crippen LogP contribution is -2.29. The number of rotatable bonds is 5. The molecule has 0 amide bonds. The van der Waals surface area contributed by atoms with Crippen LogP contribution in [0.2, 0.25) is 0 Å². The molecule has 0 N–H and O–H groups in total. The van der Waals surface area contributed by atoms with Crippen LogP contribution >= 0.6 is 0 Å². The first-order chi connectivity index (χ1) is 9.12. The summed E-state index contributed by atoms with van der Waals surface area (Å²) >= 11 is 0. The monoisotopic (exact) mass is 321 g/mol. The molecule has 8 heteroatoms. The third-order valence-electron chi connectivity index (χ3n) is 3.58. The van der Waals surface area contributed by atoms with Crippen LogP contribution in [-0.2, 0) is 20.2 Å². The predicted molar refractivity (Wildman–Crippen MR) is 71.8 cm³/mol. The van der Waals surface area contributed by atoms with Gasteiger partial charge in [0.1, 0.15) is 0 Å². The Balaban J connectivity index is 2.21. The molecule has 1 fully saturated rings. The van der Waals surface area contributed by atoms with Gasteiger partial charge >= 0.3 is 10.2 Å². The van der Waals surface area contributed by atoms with Crippen LogP contribution in [-0.4, -0.2) is 34.7 Å². The molecule has 0 saturated heterocycles. The molecule has 1 aliphatic rings. The van der Waals surface area contributed by atoms with Crippen LogP contribution in [0.5, 0.6) is 0 Å². The lowest BCUT2D eigenvalue weighted by atomic mass is 10.3. The zero-order chi connectivity index (χ0) is 15.1. The Morgan fingerprint density at radius 1 is 1.15 bits per heavy atom. The molecule has 1 aliphatic carbocycles. The minimum absolute atomic E-state index is 0.0410. The van der Waals surface area contributed by atoms with Gasteiger partial charge in [0.2, 0.25) is 10.0 Å². The highest BCUT2D eigenvalue weighted by Crippen LogP contribution is 2.38. The van der Waals surface area contributed by atoms with Crippen molar-refractivity contribution in [3.63, 3.8) is 0 Å². The molecule has 2 rings (SSSR count). The van der Waals surface area contributed by atoms with Crippen molar-refractivity contribution in [1.82, 2.24) is 4.31 Å². The highest BCUT2D eigenvalue weighted by molar-refractivity contribution is 7.89. The fourth-order valence-corrected chi connectivity index (χ4v) is 3.72. The normalized spacial score (nSPS) is 23.0. The molecule has 0 heterocycles. The van der Waals surface area contributed by atoms with Crippen molar-refractivity contribution in [3.05, 3.63) is 24.3 Å². The van der Waals surface area contributed by atoms with Crippen molar-refractivity contribution in [2.75, 3.05) is 13.6 Å². The van der Waals surface area contributed by atoms with Gasteiger partial charge in [0, 0.05) is 13.6 Å². The van der Waals surface area contributed by atoms with E-state index in [2.05, 4.69) is 6.92 Å². The Morgan fingerprint density at radius 2 is 1.60 bits per heavy atom. The van der Waals surface area contributed by atoms with Gasteiger partial charge < -0.3 is 0 Å². The number of benzene rings is 1. The van der Waals surface area contributed by atoms with E-state index in [0.717, 1.165) is 30.7 Å². The first kappa shape index (κ1) is 15.4. The zero-order valence-corrected chi connectivity index (χ0v) is 12.8. The maximum absolute atomic E-state index is 12.7. The minimum atomic E-state index is -4.81. The molecular weight excluding hydrogens is 305 g/mol. The number of hydrogen-bond acceptors (Lipinski definition) is 4.